The van der Waals surface area contributed by atoms with E-state index in [9.17, 15) is 23.1 Å². The van der Waals surface area contributed by atoms with Crippen LogP contribution in [0.5, 0.6) is 5.88 Å². The fraction of sp³-hybridized carbons (Fsp3) is 0.280. The van der Waals surface area contributed by atoms with Gasteiger partial charge in [0.15, 0.2) is 0 Å². The van der Waals surface area contributed by atoms with Gasteiger partial charge in [0.05, 0.1) is 29.6 Å². The molecule has 182 valence electrons. The van der Waals surface area contributed by atoms with Crippen LogP contribution in [-0.4, -0.2) is 37.8 Å². The Balaban J connectivity index is 1.46. The molecule has 1 aliphatic heterocycles. The molecule has 3 heterocycles. The molecular weight excluding hydrogens is 477 g/mol. The monoisotopic (exact) mass is 500 g/mol. The number of anilines is 1. The van der Waals surface area contributed by atoms with Crippen LogP contribution < -0.4 is 10.6 Å². The molecule has 0 unspecified atom stereocenters. The van der Waals surface area contributed by atoms with Gasteiger partial charge in [-0.15, -0.1) is 0 Å². The van der Waals surface area contributed by atoms with Crippen LogP contribution in [0.25, 0.3) is 16.6 Å². The average Bonchev–Trinajstić information content (AvgIpc) is 3.11. The second-order valence-electron chi connectivity index (χ2n) is 8.47. The number of aromatic nitrogens is 3. The van der Waals surface area contributed by atoms with E-state index in [4.69, 9.17) is 0 Å². The van der Waals surface area contributed by atoms with E-state index >= 15 is 0 Å². The van der Waals surface area contributed by atoms with Crippen LogP contribution >= 0.6 is 11.8 Å². The van der Waals surface area contributed by atoms with Crippen LogP contribution in [0.4, 0.5) is 18.9 Å². The molecule has 1 N–H and O–H groups in total. The van der Waals surface area contributed by atoms with Crippen molar-refractivity contribution in [1.82, 2.24) is 14.1 Å². The van der Waals surface area contributed by atoms with Gasteiger partial charge in [-0.25, -0.2) is 9.36 Å². The number of imidazole rings is 1. The van der Waals surface area contributed by atoms with Gasteiger partial charge >= 0.3 is 11.2 Å². The lowest BCUT2D eigenvalue weighted by molar-refractivity contribution is -0.0328. The minimum Gasteiger partial charge on any atom is -0.493 e. The second-order valence-corrected chi connectivity index (χ2v) is 9.60. The lowest BCUT2D eigenvalue weighted by atomic mass is 10.1. The Hall–Kier alpha value is -3.40. The van der Waals surface area contributed by atoms with Crippen molar-refractivity contribution in [2.24, 2.45) is 0 Å². The molecule has 2 aromatic carbocycles. The molecule has 6 nitrogen and oxygen atoms in total. The number of halogens is 3. The van der Waals surface area contributed by atoms with Gasteiger partial charge in [0.25, 0.3) is 0 Å². The Bertz CT molecular complexity index is 1410. The summed E-state index contributed by atoms with van der Waals surface area (Å²) in [6.45, 7) is 2.19. The van der Waals surface area contributed by atoms with Crippen LogP contribution in [0, 0.1) is 0 Å². The summed E-state index contributed by atoms with van der Waals surface area (Å²) in [6, 6.07) is 13.2. The van der Waals surface area contributed by atoms with Crippen molar-refractivity contribution in [3.63, 3.8) is 0 Å². The maximum atomic E-state index is 13.1. The van der Waals surface area contributed by atoms with Crippen LogP contribution in [0.15, 0.2) is 70.6 Å². The number of hydrogen-bond donors (Lipinski definition) is 1. The van der Waals surface area contributed by atoms with E-state index in [-0.39, 0.29) is 34.8 Å². The summed E-state index contributed by atoms with van der Waals surface area (Å²) in [5, 5.41) is 11.4. The number of thioether (sulfide) groups is 1. The standard InChI is InChI=1S/C25H23F3N4O2S/c26-25(27,28)35-19-9-7-18(8-10-19)32-22(33)16-31(24(32)34)15-17-11-12-29-23-20(17)5-4-6-21(23)30-13-2-1-3-14-30/h4-12,16,33H,1-3,13-15H2. The summed E-state index contributed by atoms with van der Waals surface area (Å²) in [6.07, 6.45) is 6.58. The third kappa shape index (κ3) is 4.88. The molecule has 0 atom stereocenters. The number of aromatic hydroxyl groups is 1. The first-order chi connectivity index (χ1) is 16.8. The largest absolute Gasteiger partial charge is 0.493 e. The first kappa shape index (κ1) is 23.3. The lowest BCUT2D eigenvalue weighted by Gasteiger charge is -2.29. The Morgan fingerprint density at radius 2 is 1.74 bits per heavy atom. The maximum Gasteiger partial charge on any atom is 0.446 e. The van der Waals surface area contributed by atoms with Crippen molar-refractivity contribution < 1.29 is 18.3 Å². The highest BCUT2D eigenvalue weighted by Gasteiger charge is 2.29. The van der Waals surface area contributed by atoms with E-state index in [1.807, 2.05) is 18.2 Å². The third-order valence-electron chi connectivity index (χ3n) is 6.14. The molecule has 1 saturated heterocycles. The molecule has 4 aromatic rings. The second kappa shape index (κ2) is 9.33. The lowest BCUT2D eigenvalue weighted by Crippen LogP contribution is -2.29. The zero-order valence-corrected chi connectivity index (χ0v) is 19.5. The molecule has 0 aliphatic carbocycles. The zero-order valence-electron chi connectivity index (χ0n) is 18.7. The Morgan fingerprint density at radius 3 is 2.46 bits per heavy atom. The molecule has 1 fully saturated rings. The fourth-order valence-electron chi connectivity index (χ4n) is 4.56. The van der Waals surface area contributed by atoms with E-state index < -0.39 is 11.2 Å². The normalized spacial score (nSPS) is 14.5. The van der Waals surface area contributed by atoms with Gasteiger partial charge in [-0.3, -0.25) is 9.55 Å². The fourth-order valence-corrected chi connectivity index (χ4v) is 5.10. The van der Waals surface area contributed by atoms with E-state index in [2.05, 4.69) is 16.0 Å². The van der Waals surface area contributed by atoms with Gasteiger partial charge in [-0.2, -0.15) is 13.2 Å². The maximum absolute atomic E-state index is 13.1. The predicted octanol–water partition coefficient (Wildman–Crippen LogP) is 5.54. The number of pyridine rings is 1. The molecule has 0 saturated carbocycles. The topological polar surface area (TPSA) is 63.3 Å². The highest BCUT2D eigenvalue weighted by molar-refractivity contribution is 8.00. The average molecular weight is 501 g/mol. The quantitative estimate of drug-likeness (QED) is 0.365. The Morgan fingerprint density at radius 1 is 1.00 bits per heavy atom. The molecule has 5 rings (SSSR count). The highest BCUT2D eigenvalue weighted by Crippen LogP contribution is 2.37. The molecule has 2 aromatic heterocycles. The van der Waals surface area contributed by atoms with Crippen molar-refractivity contribution in [1.29, 1.82) is 0 Å². The third-order valence-corrected chi connectivity index (χ3v) is 6.88. The summed E-state index contributed by atoms with van der Waals surface area (Å²) in [5.41, 5.74) is -1.77. The van der Waals surface area contributed by atoms with Gasteiger partial charge in [0.1, 0.15) is 0 Å². The number of para-hydroxylation sites is 1. The van der Waals surface area contributed by atoms with Crippen molar-refractivity contribution in [3.05, 3.63) is 77.0 Å². The molecule has 35 heavy (non-hydrogen) atoms. The molecule has 10 heteroatoms. The van der Waals surface area contributed by atoms with Crippen LogP contribution in [0.2, 0.25) is 0 Å². The first-order valence-electron chi connectivity index (χ1n) is 11.3. The smallest absolute Gasteiger partial charge is 0.446 e. The SMILES string of the molecule is O=c1n(Cc2ccnc3c(N4CCCCC4)cccc23)cc(O)n1-c1ccc(SC(F)(F)F)cc1. The van der Waals surface area contributed by atoms with E-state index in [0.29, 0.717) is 0 Å². The predicted molar refractivity (Wildman–Crippen MR) is 131 cm³/mol. The summed E-state index contributed by atoms with van der Waals surface area (Å²) >= 11 is -0.232. The van der Waals surface area contributed by atoms with Crippen LogP contribution in [-0.2, 0) is 6.54 Å². The minimum absolute atomic E-state index is 0.000913. The van der Waals surface area contributed by atoms with Gasteiger partial charge in [-0.1, -0.05) is 12.1 Å². The van der Waals surface area contributed by atoms with Gasteiger partial charge in [0, 0.05) is 29.6 Å². The van der Waals surface area contributed by atoms with E-state index in [1.54, 1.807) is 6.20 Å². The molecule has 0 bridgehead atoms. The van der Waals surface area contributed by atoms with Crippen molar-refractivity contribution in [3.8, 4) is 11.6 Å². The van der Waals surface area contributed by atoms with Crippen LogP contribution in [0.1, 0.15) is 24.8 Å². The summed E-state index contributed by atoms with van der Waals surface area (Å²) in [4.78, 5) is 20.1. The highest BCUT2D eigenvalue weighted by atomic mass is 32.2. The number of hydrogen-bond acceptors (Lipinski definition) is 5. The Kier molecular flexibility index (Phi) is 6.22. The number of alkyl halides is 3. The molecule has 0 spiro atoms. The van der Waals surface area contributed by atoms with Crippen molar-refractivity contribution >= 4 is 28.4 Å². The summed E-state index contributed by atoms with van der Waals surface area (Å²) in [7, 11) is 0. The zero-order chi connectivity index (χ0) is 24.6. The van der Waals surface area contributed by atoms with E-state index in [1.165, 1.54) is 41.5 Å². The van der Waals surface area contributed by atoms with Crippen LogP contribution in [0.3, 0.4) is 0 Å². The van der Waals surface area contributed by atoms with Crippen molar-refractivity contribution in [2.75, 3.05) is 18.0 Å². The molecular formula is C25H23F3N4O2S. The number of piperidine rings is 1. The number of rotatable bonds is 5. The molecule has 0 amide bonds. The first-order valence-corrected chi connectivity index (χ1v) is 12.1. The summed E-state index contributed by atoms with van der Waals surface area (Å²) in [5.74, 6) is -0.293. The van der Waals surface area contributed by atoms with Gasteiger partial charge in [-0.05, 0) is 73.0 Å². The minimum atomic E-state index is -4.40. The molecule has 1 aliphatic rings. The number of benzene rings is 2. The van der Waals surface area contributed by atoms with Crippen molar-refractivity contribution in [2.45, 2.75) is 36.2 Å². The number of nitrogens with zero attached hydrogens (tertiary/aromatic N) is 4. The summed E-state index contributed by atoms with van der Waals surface area (Å²) < 4.78 is 40.3. The van der Waals surface area contributed by atoms with E-state index in [0.717, 1.165) is 52.7 Å². The van der Waals surface area contributed by atoms with Gasteiger partial charge < -0.3 is 10.0 Å². The molecule has 0 radical (unpaired) electrons. The Labute approximate surface area is 203 Å². The number of fused-ring (bicyclic) bond motifs is 1. The van der Waals surface area contributed by atoms with Gasteiger partial charge in [0.2, 0.25) is 5.88 Å².